The minimum atomic E-state index is -0.584. The molecule has 0 bridgehead atoms. The highest BCUT2D eigenvalue weighted by Crippen LogP contribution is 2.35. The molecule has 0 aliphatic carbocycles. The summed E-state index contributed by atoms with van der Waals surface area (Å²) in [5, 5.41) is 0. The molecule has 16 heavy (non-hydrogen) atoms. The third-order valence-electron chi connectivity index (χ3n) is 2.79. The summed E-state index contributed by atoms with van der Waals surface area (Å²) in [6, 6.07) is 0. The fraction of sp³-hybridized carbons (Fsp3) is 0.833. The third kappa shape index (κ3) is 2.30. The van der Waals surface area contributed by atoms with Gasteiger partial charge >= 0.3 is 0 Å². The molecular formula is C12H20O4. The standard InChI is InChI=1S/C12H20O4/c1-6-8-10(16-12(4,5)14-8)9-7-13-11(2,3)15-9/h6,8-10H,1,7H2,2-5H3/t8-,9-,10-/m0/s1. The summed E-state index contributed by atoms with van der Waals surface area (Å²) in [5.74, 6) is -1.12. The van der Waals surface area contributed by atoms with E-state index in [2.05, 4.69) is 6.58 Å². The number of rotatable bonds is 2. The molecule has 2 saturated heterocycles. The van der Waals surface area contributed by atoms with Crippen LogP contribution in [0.3, 0.4) is 0 Å². The lowest BCUT2D eigenvalue weighted by molar-refractivity contribution is -0.174. The van der Waals surface area contributed by atoms with Crippen LogP contribution in [-0.4, -0.2) is 36.5 Å². The van der Waals surface area contributed by atoms with Gasteiger partial charge in [0.15, 0.2) is 11.6 Å². The second-order valence-corrected chi connectivity index (χ2v) is 5.17. The Morgan fingerprint density at radius 2 is 1.75 bits per heavy atom. The minimum absolute atomic E-state index is 0.0974. The first-order valence-electron chi connectivity index (χ1n) is 5.63. The van der Waals surface area contributed by atoms with Crippen LogP contribution in [0.25, 0.3) is 0 Å². The van der Waals surface area contributed by atoms with Crippen LogP contribution in [0.2, 0.25) is 0 Å². The van der Waals surface area contributed by atoms with Crippen molar-refractivity contribution < 1.29 is 18.9 Å². The van der Waals surface area contributed by atoms with Crippen LogP contribution >= 0.6 is 0 Å². The van der Waals surface area contributed by atoms with E-state index >= 15 is 0 Å². The summed E-state index contributed by atoms with van der Waals surface area (Å²) in [4.78, 5) is 0. The molecule has 92 valence electrons. The lowest BCUT2D eigenvalue weighted by atomic mass is 10.1. The molecule has 4 nitrogen and oxygen atoms in total. The Kier molecular flexibility index (Phi) is 2.87. The third-order valence-corrected chi connectivity index (χ3v) is 2.79. The Balaban J connectivity index is 2.07. The molecule has 2 fully saturated rings. The van der Waals surface area contributed by atoms with Crippen molar-refractivity contribution in [2.45, 2.75) is 57.6 Å². The maximum Gasteiger partial charge on any atom is 0.164 e. The lowest BCUT2D eigenvalue weighted by Gasteiger charge is -2.22. The number of hydrogen-bond acceptors (Lipinski definition) is 4. The zero-order valence-electron chi connectivity index (χ0n) is 10.4. The first-order chi connectivity index (χ1) is 7.33. The van der Waals surface area contributed by atoms with Crippen molar-refractivity contribution in [1.82, 2.24) is 0 Å². The van der Waals surface area contributed by atoms with E-state index in [0.29, 0.717) is 6.61 Å². The van der Waals surface area contributed by atoms with Gasteiger partial charge in [-0.05, 0) is 27.7 Å². The molecule has 0 saturated carbocycles. The van der Waals surface area contributed by atoms with Crippen molar-refractivity contribution in [2.75, 3.05) is 6.61 Å². The van der Waals surface area contributed by atoms with Crippen LogP contribution in [0.1, 0.15) is 27.7 Å². The highest BCUT2D eigenvalue weighted by Gasteiger charge is 2.48. The Morgan fingerprint density at radius 3 is 2.25 bits per heavy atom. The molecular weight excluding hydrogens is 208 g/mol. The fourth-order valence-electron chi connectivity index (χ4n) is 2.16. The molecule has 2 heterocycles. The molecule has 2 aliphatic heterocycles. The van der Waals surface area contributed by atoms with E-state index < -0.39 is 11.6 Å². The van der Waals surface area contributed by atoms with Gasteiger partial charge in [0.2, 0.25) is 0 Å². The van der Waals surface area contributed by atoms with Gasteiger partial charge in [0, 0.05) is 0 Å². The molecule has 0 amide bonds. The molecule has 0 aromatic carbocycles. The molecule has 0 aromatic rings. The molecule has 0 aromatic heterocycles. The Morgan fingerprint density at radius 1 is 1.06 bits per heavy atom. The molecule has 0 unspecified atom stereocenters. The minimum Gasteiger partial charge on any atom is -0.348 e. The van der Waals surface area contributed by atoms with Crippen molar-refractivity contribution in [2.24, 2.45) is 0 Å². The van der Waals surface area contributed by atoms with Crippen LogP contribution in [0.4, 0.5) is 0 Å². The van der Waals surface area contributed by atoms with Gasteiger partial charge in [-0.2, -0.15) is 0 Å². The van der Waals surface area contributed by atoms with Crippen LogP contribution in [0.15, 0.2) is 12.7 Å². The maximum atomic E-state index is 5.83. The summed E-state index contributed by atoms with van der Waals surface area (Å²) < 4.78 is 22.9. The highest BCUT2D eigenvalue weighted by atomic mass is 16.8. The van der Waals surface area contributed by atoms with Crippen molar-refractivity contribution in [3.05, 3.63) is 12.7 Å². The zero-order valence-corrected chi connectivity index (χ0v) is 10.4. The Labute approximate surface area is 96.5 Å². The van der Waals surface area contributed by atoms with Crippen LogP contribution in [0, 0.1) is 0 Å². The van der Waals surface area contributed by atoms with E-state index in [1.807, 2.05) is 27.7 Å². The van der Waals surface area contributed by atoms with Crippen LogP contribution in [-0.2, 0) is 18.9 Å². The summed E-state index contributed by atoms with van der Waals surface area (Å²) in [7, 11) is 0. The van der Waals surface area contributed by atoms with Gasteiger partial charge < -0.3 is 18.9 Å². The van der Waals surface area contributed by atoms with Crippen LogP contribution in [0.5, 0.6) is 0 Å². The number of ether oxygens (including phenoxy) is 4. The number of hydrogen-bond donors (Lipinski definition) is 0. The molecule has 4 heteroatoms. The van der Waals surface area contributed by atoms with Crippen molar-refractivity contribution in [1.29, 1.82) is 0 Å². The van der Waals surface area contributed by atoms with E-state index in [4.69, 9.17) is 18.9 Å². The van der Waals surface area contributed by atoms with Gasteiger partial charge in [0.25, 0.3) is 0 Å². The SMILES string of the molecule is C=C[C@@H]1OC(C)(C)O[C@@H]1[C@@H]1COC(C)(C)O1. The van der Waals surface area contributed by atoms with E-state index in [9.17, 15) is 0 Å². The molecule has 2 rings (SSSR count). The second kappa shape index (κ2) is 3.81. The van der Waals surface area contributed by atoms with Gasteiger partial charge in [0.1, 0.15) is 18.3 Å². The van der Waals surface area contributed by atoms with Gasteiger partial charge in [0.05, 0.1) is 6.61 Å². The van der Waals surface area contributed by atoms with Gasteiger partial charge in [-0.1, -0.05) is 6.08 Å². The summed E-state index contributed by atoms with van der Waals surface area (Å²) in [5.41, 5.74) is 0. The molecule has 3 atom stereocenters. The summed E-state index contributed by atoms with van der Waals surface area (Å²) in [6.45, 7) is 11.9. The Hall–Kier alpha value is -0.420. The van der Waals surface area contributed by atoms with Gasteiger partial charge in [-0.25, -0.2) is 0 Å². The fourth-order valence-corrected chi connectivity index (χ4v) is 2.16. The topological polar surface area (TPSA) is 36.9 Å². The first-order valence-corrected chi connectivity index (χ1v) is 5.63. The summed E-state index contributed by atoms with van der Waals surface area (Å²) >= 11 is 0. The van der Waals surface area contributed by atoms with Crippen molar-refractivity contribution >= 4 is 0 Å². The van der Waals surface area contributed by atoms with E-state index in [0.717, 1.165) is 0 Å². The highest BCUT2D eigenvalue weighted by molar-refractivity contribution is 4.98. The predicted molar refractivity (Wildman–Crippen MR) is 58.9 cm³/mol. The smallest absolute Gasteiger partial charge is 0.164 e. The summed E-state index contributed by atoms with van der Waals surface area (Å²) in [6.07, 6.45) is 1.38. The normalized spacial score (nSPS) is 41.1. The first kappa shape index (κ1) is 12.0. The average Bonchev–Trinajstić information content (AvgIpc) is 2.65. The van der Waals surface area contributed by atoms with Crippen molar-refractivity contribution in [3.63, 3.8) is 0 Å². The van der Waals surface area contributed by atoms with E-state index in [1.165, 1.54) is 0 Å². The lowest BCUT2D eigenvalue weighted by Crippen LogP contribution is -2.37. The Bertz CT molecular complexity index is 285. The molecule has 0 radical (unpaired) electrons. The van der Waals surface area contributed by atoms with Crippen molar-refractivity contribution in [3.8, 4) is 0 Å². The largest absolute Gasteiger partial charge is 0.348 e. The molecule has 0 N–H and O–H groups in total. The monoisotopic (exact) mass is 228 g/mol. The van der Waals surface area contributed by atoms with E-state index in [-0.39, 0.29) is 18.3 Å². The zero-order chi connectivity index (χ0) is 12.0. The quantitative estimate of drug-likeness (QED) is 0.676. The van der Waals surface area contributed by atoms with E-state index in [1.54, 1.807) is 6.08 Å². The maximum absolute atomic E-state index is 5.83. The van der Waals surface area contributed by atoms with Crippen LogP contribution < -0.4 is 0 Å². The van der Waals surface area contributed by atoms with Gasteiger partial charge in [-0.15, -0.1) is 6.58 Å². The molecule has 0 spiro atoms. The average molecular weight is 228 g/mol. The molecule has 2 aliphatic rings. The van der Waals surface area contributed by atoms with Gasteiger partial charge in [-0.3, -0.25) is 0 Å². The predicted octanol–water partition coefficient (Wildman–Crippen LogP) is 1.84. The second-order valence-electron chi connectivity index (χ2n) is 5.17.